The fourth-order valence-electron chi connectivity index (χ4n) is 0.174. The van der Waals surface area contributed by atoms with E-state index in [2.05, 4.69) is 0 Å². The van der Waals surface area contributed by atoms with Crippen LogP contribution in [0.4, 0.5) is 0 Å². The standard InChI is InChI=1S/C5H12N2O/c1-3-5(2,7)4(6)8/h3,7H2,1-2H3,(H2,6,8)/t5-/m1/s1. The Morgan fingerprint density at radius 1 is 1.75 bits per heavy atom. The van der Waals surface area contributed by atoms with E-state index in [0.29, 0.717) is 6.42 Å². The quantitative estimate of drug-likeness (QED) is 0.515. The molecule has 0 aliphatic carbocycles. The summed E-state index contributed by atoms with van der Waals surface area (Å²) >= 11 is 0. The van der Waals surface area contributed by atoms with Crippen LogP contribution in [0.25, 0.3) is 0 Å². The molecule has 0 saturated heterocycles. The molecular weight excluding hydrogens is 104 g/mol. The molecule has 0 aliphatic rings. The van der Waals surface area contributed by atoms with Gasteiger partial charge in [0, 0.05) is 0 Å². The van der Waals surface area contributed by atoms with Gasteiger partial charge in [0.05, 0.1) is 5.54 Å². The summed E-state index contributed by atoms with van der Waals surface area (Å²) in [5.41, 5.74) is 9.48. The number of nitrogens with two attached hydrogens (primary N) is 2. The molecule has 0 fully saturated rings. The van der Waals surface area contributed by atoms with Crippen LogP contribution in [0.1, 0.15) is 20.3 Å². The second-order valence-corrected chi connectivity index (χ2v) is 2.14. The first-order valence-electron chi connectivity index (χ1n) is 2.59. The molecule has 1 atom stereocenters. The van der Waals surface area contributed by atoms with Crippen molar-refractivity contribution < 1.29 is 4.79 Å². The predicted octanol–water partition coefficient (Wildman–Crippen LogP) is -0.401. The van der Waals surface area contributed by atoms with Crippen LogP contribution in [0, 0.1) is 0 Å². The summed E-state index contributed by atoms with van der Waals surface area (Å²) in [5.74, 6) is -0.444. The molecule has 3 nitrogen and oxygen atoms in total. The summed E-state index contributed by atoms with van der Waals surface area (Å²) in [5, 5.41) is 0. The zero-order chi connectivity index (χ0) is 6.78. The smallest absolute Gasteiger partial charge is 0.237 e. The van der Waals surface area contributed by atoms with Crippen LogP contribution in [0.15, 0.2) is 0 Å². The van der Waals surface area contributed by atoms with Crippen molar-refractivity contribution in [3.8, 4) is 0 Å². The van der Waals surface area contributed by atoms with Crippen molar-refractivity contribution in [1.29, 1.82) is 0 Å². The van der Waals surface area contributed by atoms with E-state index in [9.17, 15) is 4.79 Å². The summed E-state index contributed by atoms with van der Waals surface area (Å²) in [6.45, 7) is 3.44. The molecule has 3 heteroatoms. The van der Waals surface area contributed by atoms with Gasteiger partial charge in [0.25, 0.3) is 0 Å². The Balaban J connectivity index is 3.91. The normalized spacial score (nSPS) is 17.4. The number of primary amides is 1. The van der Waals surface area contributed by atoms with Crippen molar-refractivity contribution in [3.63, 3.8) is 0 Å². The van der Waals surface area contributed by atoms with Crippen molar-refractivity contribution >= 4 is 5.91 Å². The Kier molecular flexibility index (Phi) is 1.98. The summed E-state index contributed by atoms with van der Waals surface area (Å²) in [6, 6.07) is 0. The Morgan fingerprint density at radius 2 is 2.12 bits per heavy atom. The second kappa shape index (κ2) is 2.13. The molecule has 0 rings (SSSR count). The van der Waals surface area contributed by atoms with Crippen LogP contribution in [-0.2, 0) is 4.79 Å². The molecule has 0 aromatic heterocycles. The van der Waals surface area contributed by atoms with Gasteiger partial charge in [0.2, 0.25) is 5.91 Å². The third-order valence-electron chi connectivity index (χ3n) is 1.30. The number of carbonyl (C=O) groups is 1. The van der Waals surface area contributed by atoms with Crippen LogP contribution in [0.2, 0.25) is 0 Å². The summed E-state index contributed by atoms with van der Waals surface area (Å²) in [6.07, 6.45) is 0.586. The third-order valence-corrected chi connectivity index (χ3v) is 1.30. The fraction of sp³-hybridized carbons (Fsp3) is 0.800. The zero-order valence-corrected chi connectivity index (χ0v) is 5.27. The maximum atomic E-state index is 10.3. The lowest BCUT2D eigenvalue weighted by atomic mass is 10.0. The van der Waals surface area contributed by atoms with E-state index in [0.717, 1.165) is 0 Å². The number of amides is 1. The second-order valence-electron chi connectivity index (χ2n) is 2.14. The lowest BCUT2D eigenvalue weighted by molar-refractivity contribution is -0.122. The van der Waals surface area contributed by atoms with E-state index in [1.807, 2.05) is 6.92 Å². The van der Waals surface area contributed by atoms with Gasteiger partial charge in [-0.1, -0.05) is 6.92 Å². The monoisotopic (exact) mass is 116 g/mol. The molecule has 8 heavy (non-hydrogen) atoms. The molecule has 0 bridgehead atoms. The topological polar surface area (TPSA) is 69.1 Å². The molecule has 0 aliphatic heterocycles. The molecule has 0 aromatic rings. The number of carbonyl (C=O) groups excluding carboxylic acids is 1. The van der Waals surface area contributed by atoms with Crippen LogP contribution in [0.5, 0.6) is 0 Å². The van der Waals surface area contributed by atoms with Crippen molar-refractivity contribution in [2.45, 2.75) is 25.8 Å². The molecule has 0 spiro atoms. The molecule has 0 aromatic carbocycles. The van der Waals surface area contributed by atoms with E-state index in [4.69, 9.17) is 11.5 Å². The van der Waals surface area contributed by atoms with Crippen LogP contribution >= 0.6 is 0 Å². The fourth-order valence-corrected chi connectivity index (χ4v) is 0.174. The molecule has 1 amide bonds. The van der Waals surface area contributed by atoms with Gasteiger partial charge >= 0.3 is 0 Å². The first-order chi connectivity index (χ1) is 3.50. The first kappa shape index (κ1) is 7.43. The number of hydrogen-bond donors (Lipinski definition) is 2. The van der Waals surface area contributed by atoms with Gasteiger partial charge in [0.1, 0.15) is 0 Å². The SMILES string of the molecule is CC[C@@](C)(N)C(N)=O. The predicted molar refractivity (Wildman–Crippen MR) is 32.1 cm³/mol. The molecule has 0 saturated carbocycles. The first-order valence-corrected chi connectivity index (χ1v) is 2.59. The molecule has 4 N–H and O–H groups in total. The summed E-state index contributed by atoms with van der Waals surface area (Å²) in [7, 11) is 0. The largest absolute Gasteiger partial charge is 0.368 e. The molecular formula is C5H12N2O. The third kappa shape index (κ3) is 1.50. The molecule has 0 radical (unpaired) electrons. The minimum absolute atomic E-state index is 0.444. The highest BCUT2D eigenvalue weighted by atomic mass is 16.1. The summed E-state index contributed by atoms with van der Waals surface area (Å²) < 4.78 is 0. The minimum atomic E-state index is -0.819. The van der Waals surface area contributed by atoms with Crippen molar-refractivity contribution in [2.24, 2.45) is 11.5 Å². The van der Waals surface area contributed by atoms with Gasteiger partial charge in [-0.25, -0.2) is 0 Å². The Labute approximate surface area is 49.0 Å². The lowest BCUT2D eigenvalue weighted by Crippen LogP contribution is -2.48. The van der Waals surface area contributed by atoms with Gasteiger partial charge < -0.3 is 11.5 Å². The van der Waals surface area contributed by atoms with Crippen LogP contribution in [-0.4, -0.2) is 11.4 Å². The van der Waals surface area contributed by atoms with E-state index in [1.165, 1.54) is 0 Å². The van der Waals surface area contributed by atoms with Crippen LogP contribution < -0.4 is 11.5 Å². The van der Waals surface area contributed by atoms with Crippen molar-refractivity contribution in [2.75, 3.05) is 0 Å². The Hall–Kier alpha value is -0.570. The molecule has 0 heterocycles. The van der Waals surface area contributed by atoms with Gasteiger partial charge in [-0.2, -0.15) is 0 Å². The maximum absolute atomic E-state index is 10.3. The highest BCUT2D eigenvalue weighted by Gasteiger charge is 2.21. The zero-order valence-electron chi connectivity index (χ0n) is 5.27. The van der Waals surface area contributed by atoms with E-state index < -0.39 is 11.4 Å². The van der Waals surface area contributed by atoms with Gasteiger partial charge in [-0.3, -0.25) is 4.79 Å². The maximum Gasteiger partial charge on any atom is 0.237 e. The average Bonchev–Trinajstić information content (AvgIpc) is 1.67. The van der Waals surface area contributed by atoms with E-state index in [-0.39, 0.29) is 0 Å². The van der Waals surface area contributed by atoms with Gasteiger partial charge in [-0.15, -0.1) is 0 Å². The van der Waals surface area contributed by atoms with E-state index >= 15 is 0 Å². The molecule has 0 unspecified atom stereocenters. The van der Waals surface area contributed by atoms with Crippen LogP contribution in [0.3, 0.4) is 0 Å². The van der Waals surface area contributed by atoms with Crippen molar-refractivity contribution in [3.05, 3.63) is 0 Å². The minimum Gasteiger partial charge on any atom is -0.368 e. The average molecular weight is 116 g/mol. The number of hydrogen-bond acceptors (Lipinski definition) is 2. The van der Waals surface area contributed by atoms with E-state index in [1.54, 1.807) is 6.92 Å². The van der Waals surface area contributed by atoms with Gasteiger partial charge in [0.15, 0.2) is 0 Å². The summed E-state index contributed by atoms with van der Waals surface area (Å²) in [4.78, 5) is 10.3. The number of rotatable bonds is 2. The lowest BCUT2D eigenvalue weighted by Gasteiger charge is -2.16. The Bertz CT molecular complexity index is 98.6. The highest BCUT2D eigenvalue weighted by molar-refractivity contribution is 5.83. The Morgan fingerprint density at radius 3 is 2.12 bits per heavy atom. The highest BCUT2D eigenvalue weighted by Crippen LogP contribution is 2.01. The van der Waals surface area contributed by atoms with Crippen molar-refractivity contribution in [1.82, 2.24) is 0 Å². The molecule has 48 valence electrons. The van der Waals surface area contributed by atoms with Gasteiger partial charge in [-0.05, 0) is 13.3 Å².